The molecule has 0 aliphatic rings. The van der Waals surface area contributed by atoms with Crippen LogP contribution >= 0.6 is 11.3 Å². The summed E-state index contributed by atoms with van der Waals surface area (Å²) in [6.45, 7) is 3.95. The molecule has 7 nitrogen and oxygen atoms in total. The van der Waals surface area contributed by atoms with Gasteiger partial charge in [-0.2, -0.15) is 0 Å². The van der Waals surface area contributed by atoms with Crippen LogP contribution in [0.5, 0.6) is 0 Å². The van der Waals surface area contributed by atoms with Crippen molar-refractivity contribution in [1.82, 2.24) is 15.4 Å². The highest BCUT2D eigenvalue weighted by Crippen LogP contribution is 2.12. The van der Waals surface area contributed by atoms with Crippen LogP contribution in [-0.4, -0.2) is 33.3 Å². The highest BCUT2D eigenvalue weighted by Gasteiger charge is 2.24. The SMILES string of the molecule is CNS(=O)(=O)c1ccc(CNC(=O)C(NC(=O)c2cccs2)C(C)C)cc1. The molecule has 27 heavy (non-hydrogen) atoms. The molecule has 0 aliphatic heterocycles. The fourth-order valence-electron chi connectivity index (χ4n) is 2.36. The number of benzene rings is 1. The van der Waals surface area contributed by atoms with Crippen molar-refractivity contribution in [3.05, 3.63) is 52.2 Å². The van der Waals surface area contributed by atoms with Crippen LogP contribution in [0.1, 0.15) is 29.1 Å². The third kappa shape index (κ3) is 5.62. The van der Waals surface area contributed by atoms with Crippen LogP contribution in [0.2, 0.25) is 0 Å². The first kappa shape index (κ1) is 21.1. The van der Waals surface area contributed by atoms with Gasteiger partial charge in [0.2, 0.25) is 15.9 Å². The highest BCUT2D eigenvalue weighted by molar-refractivity contribution is 7.89. The number of nitrogens with one attached hydrogen (secondary N) is 3. The van der Waals surface area contributed by atoms with E-state index in [4.69, 9.17) is 0 Å². The quantitative estimate of drug-likeness (QED) is 0.617. The normalized spacial score (nSPS) is 12.6. The van der Waals surface area contributed by atoms with Crippen molar-refractivity contribution in [3.63, 3.8) is 0 Å². The third-order valence-electron chi connectivity index (χ3n) is 3.95. The van der Waals surface area contributed by atoms with E-state index in [1.165, 1.54) is 30.5 Å². The molecule has 1 unspecified atom stereocenters. The van der Waals surface area contributed by atoms with Crippen LogP contribution < -0.4 is 15.4 Å². The molecular formula is C18H23N3O4S2. The average molecular weight is 410 g/mol. The minimum absolute atomic E-state index is 0.0861. The van der Waals surface area contributed by atoms with Crippen molar-refractivity contribution < 1.29 is 18.0 Å². The Balaban J connectivity index is 1.98. The first-order valence-corrected chi connectivity index (χ1v) is 10.8. The highest BCUT2D eigenvalue weighted by atomic mass is 32.2. The van der Waals surface area contributed by atoms with Crippen molar-refractivity contribution >= 4 is 33.2 Å². The molecule has 1 atom stereocenters. The van der Waals surface area contributed by atoms with E-state index in [0.29, 0.717) is 4.88 Å². The second-order valence-corrected chi connectivity index (χ2v) is 9.08. The molecule has 0 fully saturated rings. The van der Waals surface area contributed by atoms with Crippen molar-refractivity contribution in [3.8, 4) is 0 Å². The predicted molar refractivity (Wildman–Crippen MR) is 105 cm³/mol. The molecule has 1 heterocycles. The Bertz CT molecular complexity index is 876. The number of rotatable bonds is 8. The lowest BCUT2D eigenvalue weighted by atomic mass is 10.0. The maximum Gasteiger partial charge on any atom is 0.262 e. The van der Waals surface area contributed by atoms with Gasteiger partial charge in [-0.1, -0.05) is 32.0 Å². The zero-order valence-electron chi connectivity index (χ0n) is 15.4. The number of hydrogen-bond acceptors (Lipinski definition) is 5. The standard InChI is InChI=1S/C18H23N3O4S2/c1-12(2)16(21-17(22)15-5-4-10-26-15)18(23)20-11-13-6-8-14(9-7-13)27(24,25)19-3/h4-10,12,16,19H,11H2,1-3H3,(H,20,23)(H,21,22). The van der Waals surface area contributed by atoms with E-state index in [-0.39, 0.29) is 29.2 Å². The number of amides is 2. The zero-order valence-corrected chi connectivity index (χ0v) is 17.0. The first-order chi connectivity index (χ1) is 12.7. The van der Waals surface area contributed by atoms with Crippen LogP contribution in [0, 0.1) is 5.92 Å². The van der Waals surface area contributed by atoms with Crippen LogP contribution in [-0.2, 0) is 21.4 Å². The first-order valence-electron chi connectivity index (χ1n) is 8.39. The van der Waals surface area contributed by atoms with E-state index in [1.807, 2.05) is 13.8 Å². The summed E-state index contributed by atoms with van der Waals surface area (Å²) in [6, 6.07) is 9.05. The summed E-state index contributed by atoms with van der Waals surface area (Å²) in [5.41, 5.74) is 0.755. The van der Waals surface area contributed by atoms with Crippen molar-refractivity contribution in [2.24, 2.45) is 5.92 Å². The van der Waals surface area contributed by atoms with Crippen molar-refractivity contribution in [2.75, 3.05) is 7.05 Å². The van der Waals surface area contributed by atoms with E-state index in [9.17, 15) is 18.0 Å². The molecule has 2 aromatic rings. The molecule has 0 spiro atoms. The summed E-state index contributed by atoms with van der Waals surface area (Å²) in [6.07, 6.45) is 0. The van der Waals surface area contributed by atoms with Gasteiger partial charge in [0.05, 0.1) is 9.77 Å². The molecule has 0 aliphatic carbocycles. The lowest BCUT2D eigenvalue weighted by Gasteiger charge is -2.21. The molecule has 2 rings (SSSR count). The van der Waals surface area contributed by atoms with Gasteiger partial charge in [0, 0.05) is 6.54 Å². The maximum absolute atomic E-state index is 12.5. The van der Waals surface area contributed by atoms with E-state index in [2.05, 4.69) is 15.4 Å². The summed E-state index contributed by atoms with van der Waals surface area (Å²) in [7, 11) is -2.14. The Labute approximate surface area is 163 Å². The largest absolute Gasteiger partial charge is 0.350 e. The van der Waals surface area contributed by atoms with Crippen molar-refractivity contribution in [1.29, 1.82) is 0 Å². The van der Waals surface area contributed by atoms with Crippen LogP contribution in [0.4, 0.5) is 0 Å². The summed E-state index contributed by atoms with van der Waals surface area (Å²) < 4.78 is 25.7. The Kier molecular flexibility index (Phi) is 7.11. The van der Waals surface area contributed by atoms with E-state index in [0.717, 1.165) is 5.56 Å². The van der Waals surface area contributed by atoms with Gasteiger partial charge in [0.15, 0.2) is 0 Å². The topological polar surface area (TPSA) is 104 Å². The van der Waals surface area contributed by atoms with Gasteiger partial charge in [-0.3, -0.25) is 9.59 Å². The monoisotopic (exact) mass is 409 g/mol. The zero-order chi connectivity index (χ0) is 20.0. The second kappa shape index (κ2) is 9.12. The van der Waals surface area contributed by atoms with Crippen LogP contribution in [0.25, 0.3) is 0 Å². The summed E-state index contributed by atoms with van der Waals surface area (Å²) in [4.78, 5) is 25.4. The molecule has 146 valence electrons. The van der Waals surface area contributed by atoms with E-state index < -0.39 is 16.1 Å². The van der Waals surface area contributed by atoms with Gasteiger partial charge in [0.1, 0.15) is 6.04 Å². The number of sulfonamides is 1. The van der Waals surface area contributed by atoms with Crippen LogP contribution in [0.3, 0.4) is 0 Å². The van der Waals surface area contributed by atoms with E-state index in [1.54, 1.807) is 29.6 Å². The molecule has 3 N–H and O–H groups in total. The Morgan fingerprint density at radius 1 is 1.11 bits per heavy atom. The predicted octanol–water partition coefficient (Wildman–Crippen LogP) is 1.73. The second-order valence-electron chi connectivity index (χ2n) is 6.24. The number of hydrogen-bond donors (Lipinski definition) is 3. The van der Waals surface area contributed by atoms with Crippen molar-refractivity contribution in [2.45, 2.75) is 31.3 Å². The smallest absolute Gasteiger partial charge is 0.262 e. The fourth-order valence-corrected chi connectivity index (χ4v) is 3.72. The lowest BCUT2D eigenvalue weighted by Crippen LogP contribution is -2.49. The average Bonchev–Trinajstić information content (AvgIpc) is 3.19. The molecule has 2 amide bonds. The Morgan fingerprint density at radius 3 is 2.30 bits per heavy atom. The summed E-state index contributed by atoms with van der Waals surface area (Å²) >= 11 is 1.31. The molecule has 1 aromatic carbocycles. The van der Waals surface area contributed by atoms with Gasteiger partial charge >= 0.3 is 0 Å². The van der Waals surface area contributed by atoms with E-state index >= 15 is 0 Å². The minimum Gasteiger partial charge on any atom is -0.350 e. The third-order valence-corrected chi connectivity index (χ3v) is 6.25. The Morgan fingerprint density at radius 2 is 1.78 bits per heavy atom. The van der Waals surface area contributed by atoms with Crippen LogP contribution in [0.15, 0.2) is 46.7 Å². The molecule has 0 saturated carbocycles. The minimum atomic E-state index is -3.49. The molecule has 0 radical (unpaired) electrons. The Hall–Kier alpha value is -2.23. The van der Waals surface area contributed by atoms with Gasteiger partial charge in [-0.05, 0) is 42.1 Å². The van der Waals surface area contributed by atoms with Gasteiger partial charge in [0.25, 0.3) is 5.91 Å². The lowest BCUT2D eigenvalue weighted by molar-refractivity contribution is -0.124. The fraction of sp³-hybridized carbons (Fsp3) is 0.333. The number of carbonyl (C=O) groups is 2. The van der Waals surface area contributed by atoms with Gasteiger partial charge in [-0.15, -0.1) is 11.3 Å². The van der Waals surface area contributed by atoms with Gasteiger partial charge in [-0.25, -0.2) is 13.1 Å². The maximum atomic E-state index is 12.5. The molecular weight excluding hydrogens is 386 g/mol. The summed E-state index contributed by atoms with van der Waals surface area (Å²) in [5, 5.41) is 7.35. The molecule has 0 saturated heterocycles. The summed E-state index contributed by atoms with van der Waals surface area (Å²) in [5.74, 6) is -0.653. The molecule has 9 heteroatoms. The van der Waals surface area contributed by atoms with Gasteiger partial charge < -0.3 is 10.6 Å². The molecule has 0 bridgehead atoms. The number of thiophene rings is 1. The molecule has 1 aromatic heterocycles. The number of carbonyl (C=O) groups excluding carboxylic acids is 2.